The second kappa shape index (κ2) is 4.12. The molecule has 1 aromatic heterocycles. The smallest absolute Gasteiger partial charge is 0.313 e. The Bertz CT molecular complexity index is 612. The molecule has 0 aliphatic rings. The van der Waals surface area contributed by atoms with Gasteiger partial charge in [-0.25, -0.2) is 4.98 Å². The number of imidazole rings is 1. The Morgan fingerprint density at radius 3 is 2.67 bits per heavy atom. The highest BCUT2D eigenvalue weighted by Crippen LogP contribution is 2.27. The Labute approximate surface area is 106 Å². The van der Waals surface area contributed by atoms with Crippen LogP contribution in [0.1, 0.15) is 32.2 Å². The quantitative estimate of drug-likeness (QED) is 0.905. The number of hydrogen-bond acceptors (Lipinski definition) is 2. The monoisotopic (exact) mass is 246 g/mol. The predicted octanol–water partition coefficient (Wildman–Crippen LogP) is 2.50. The van der Waals surface area contributed by atoms with E-state index in [-0.39, 0.29) is 0 Å². The van der Waals surface area contributed by atoms with Gasteiger partial charge >= 0.3 is 5.97 Å². The van der Waals surface area contributed by atoms with E-state index in [1.54, 1.807) is 13.8 Å². The molecule has 96 valence electrons. The maximum absolute atomic E-state index is 11.3. The van der Waals surface area contributed by atoms with Crippen molar-refractivity contribution in [3.63, 3.8) is 0 Å². The van der Waals surface area contributed by atoms with Gasteiger partial charge in [0.2, 0.25) is 0 Å². The van der Waals surface area contributed by atoms with Gasteiger partial charge in [-0.1, -0.05) is 13.0 Å². The molecule has 0 amide bonds. The van der Waals surface area contributed by atoms with Gasteiger partial charge in [-0.3, -0.25) is 4.79 Å². The van der Waals surface area contributed by atoms with Gasteiger partial charge in [0.05, 0.1) is 16.4 Å². The average molecular weight is 246 g/mol. The Morgan fingerprint density at radius 2 is 2.11 bits per heavy atom. The molecule has 0 fully saturated rings. The normalized spacial score (nSPS) is 12.0. The maximum atomic E-state index is 11.3. The third-order valence-electron chi connectivity index (χ3n) is 3.55. The number of carboxylic acid groups (broad SMARTS) is 1. The summed E-state index contributed by atoms with van der Waals surface area (Å²) < 4.78 is 2.02. The summed E-state index contributed by atoms with van der Waals surface area (Å²) in [7, 11) is 1.96. The second-order valence-corrected chi connectivity index (χ2v) is 5.07. The molecule has 1 N–H and O–H groups in total. The highest BCUT2D eigenvalue weighted by Gasteiger charge is 2.29. The molecule has 0 aliphatic carbocycles. The predicted molar refractivity (Wildman–Crippen MR) is 70.8 cm³/mol. The Morgan fingerprint density at radius 1 is 1.44 bits per heavy atom. The van der Waals surface area contributed by atoms with Gasteiger partial charge in [-0.15, -0.1) is 0 Å². The first-order valence-corrected chi connectivity index (χ1v) is 6.07. The van der Waals surface area contributed by atoms with E-state index in [4.69, 9.17) is 0 Å². The molecule has 0 aliphatic heterocycles. The third kappa shape index (κ3) is 1.78. The molecule has 2 rings (SSSR count). The molecule has 0 atom stereocenters. The van der Waals surface area contributed by atoms with Crippen LogP contribution in [0, 0.1) is 0 Å². The molecule has 0 saturated heterocycles. The number of carboxylic acids is 1. The summed E-state index contributed by atoms with van der Waals surface area (Å²) >= 11 is 0. The van der Waals surface area contributed by atoms with Crippen LogP contribution in [0.15, 0.2) is 18.2 Å². The first-order valence-electron chi connectivity index (χ1n) is 6.07. The summed E-state index contributed by atoms with van der Waals surface area (Å²) in [6, 6.07) is 5.67. The van der Waals surface area contributed by atoms with Crippen molar-refractivity contribution in [2.24, 2.45) is 7.05 Å². The molecule has 0 unspecified atom stereocenters. The fourth-order valence-electron chi connectivity index (χ4n) is 2.07. The molecule has 4 heteroatoms. The lowest BCUT2D eigenvalue weighted by molar-refractivity contribution is -0.142. The molecule has 4 nitrogen and oxygen atoms in total. The Kier molecular flexibility index (Phi) is 2.89. The van der Waals surface area contributed by atoms with Crippen molar-refractivity contribution in [2.75, 3.05) is 0 Å². The molecule has 2 aromatic rings. The number of aromatic nitrogens is 2. The van der Waals surface area contributed by atoms with Crippen LogP contribution in [0.5, 0.6) is 0 Å². The van der Waals surface area contributed by atoms with Gasteiger partial charge in [0, 0.05) is 13.5 Å². The minimum absolute atomic E-state index is 0.799. The average Bonchev–Trinajstić information content (AvgIpc) is 2.65. The summed E-state index contributed by atoms with van der Waals surface area (Å²) in [5, 5.41) is 9.27. The van der Waals surface area contributed by atoms with Crippen LogP contribution in [-0.2, 0) is 23.7 Å². The number of carbonyl (C=O) groups is 1. The summed E-state index contributed by atoms with van der Waals surface area (Å²) in [6.07, 6.45) is 0.864. The van der Waals surface area contributed by atoms with E-state index in [1.165, 1.54) is 0 Å². The van der Waals surface area contributed by atoms with Crippen molar-refractivity contribution in [3.05, 3.63) is 29.6 Å². The van der Waals surface area contributed by atoms with Crippen molar-refractivity contribution in [1.82, 2.24) is 9.55 Å². The van der Waals surface area contributed by atoms with E-state index in [0.717, 1.165) is 28.8 Å². The summed E-state index contributed by atoms with van der Waals surface area (Å²) in [6.45, 7) is 5.49. The largest absolute Gasteiger partial charge is 0.481 e. The highest BCUT2D eigenvalue weighted by atomic mass is 16.4. The van der Waals surface area contributed by atoms with Crippen LogP contribution in [0.4, 0.5) is 0 Å². The van der Waals surface area contributed by atoms with Gasteiger partial charge in [0.25, 0.3) is 0 Å². The van der Waals surface area contributed by atoms with Crippen molar-refractivity contribution < 1.29 is 9.90 Å². The highest BCUT2D eigenvalue weighted by molar-refractivity contribution is 5.84. The molecule has 0 saturated carbocycles. The van der Waals surface area contributed by atoms with Gasteiger partial charge < -0.3 is 9.67 Å². The van der Waals surface area contributed by atoms with E-state index < -0.39 is 11.4 Å². The third-order valence-corrected chi connectivity index (χ3v) is 3.55. The number of aliphatic carboxylic acids is 1. The van der Waals surface area contributed by atoms with Gasteiger partial charge in [-0.2, -0.15) is 0 Å². The number of fused-ring (bicyclic) bond motifs is 1. The first kappa shape index (κ1) is 12.6. The van der Waals surface area contributed by atoms with E-state index in [9.17, 15) is 9.90 Å². The van der Waals surface area contributed by atoms with Crippen LogP contribution < -0.4 is 0 Å². The summed E-state index contributed by atoms with van der Waals surface area (Å²) in [5.74, 6) is 0.190. The maximum Gasteiger partial charge on any atom is 0.313 e. The molecule has 0 bridgehead atoms. The topological polar surface area (TPSA) is 55.1 Å². The SMILES string of the molecule is CCc1nc2ccc(C(C)(C)C(=O)O)cc2n1C. The van der Waals surface area contributed by atoms with E-state index in [0.29, 0.717) is 0 Å². The van der Waals surface area contributed by atoms with Crippen LogP contribution in [0.3, 0.4) is 0 Å². The molecule has 0 spiro atoms. The zero-order valence-corrected chi connectivity index (χ0v) is 11.2. The van der Waals surface area contributed by atoms with Crippen molar-refractivity contribution >= 4 is 17.0 Å². The van der Waals surface area contributed by atoms with E-state index in [2.05, 4.69) is 11.9 Å². The minimum atomic E-state index is -0.884. The summed E-state index contributed by atoms with van der Waals surface area (Å²) in [5.41, 5.74) is 1.82. The van der Waals surface area contributed by atoms with Crippen molar-refractivity contribution in [1.29, 1.82) is 0 Å². The lowest BCUT2D eigenvalue weighted by Gasteiger charge is -2.19. The van der Waals surface area contributed by atoms with Crippen LogP contribution in [0.25, 0.3) is 11.0 Å². The molecule has 1 heterocycles. The van der Waals surface area contributed by atoms with E-state index >= 15 is 0 Å². The van der Waals surface area contributed by atoms with Crippen molar-refractivity contribution in [2.45, 2.75) is 32.6 Å². The van der Waals surface area contributed by atoms with Gasteiger partial charge in [0.15, 0.2) is 0 Å². The van der Waals surface area contributed by atoms with Gasteiger partial charge in [-0.05, 0) is 31.5 Å². The fraction of sp³-hybridized carbons (Fsp3) is 0.429. The van der Waals surface area contributed by atoms with Crippen LogP contribution in [-0.4, -0.2) is 20.6 Å². The Balaban J connectivity index is 2.64. The summed E-state index contributed by atoms with van der Waals surface area (Å²) in [4.78, 5) is 15.8. The first-order chi connectivity index (χ1) is 8.37. The van der Waals surface area contributed by atoms with Crippen LogP contribution >= 0.6 is 0 Å². The number of benzene rings is 1. The fourth-order valence-corrected chi connectivity index (χ4v) is 2.07. The molecule has 18 heavy (non-hydrogen) atoms. The lowest BCUT2D eigenvalue weighted by Crippen LogP contribution is -2.28. The second-order valence-electron chi connectivity index (χ2n) is 5.07. The minimum Gasteiger partial charge on any atom is -0.481 e. The number of nitrogens with zero attached hydrogens (tertiary/aromatic N) is 2. The number of hydrogen-bond donors (Lipinski definition) is 1. The van der Waals surface area contributed by atoms with Crippen LogP contribution in [0.2, 0.25) is 0 Å². The molecular formula is C14H18N2O2. The zero-order chi connectivity index (χ0) is 13.5. The molecule has 1 aromatic carbocycles. The van der Waals surface area contributed by atoms with Crippen molar-refractivity contribution in [3.8, 4) is 0 Å². The molecular weight excluding hydrogens is 228 g/mol. The number of aryl methyl sites for hydroxylation is 2. The zero-order valence-electron chi connectivity index (χ0n) is 11.2. The van der Waals surface area contributed by atoms with E-state index in [1.807, 2.05) is 29.8 Å². The van der Waals surface area contributed by atoms with Gasteiger partial charge in [0.1, 0.15) is 5.82 Å². The Hall–Kier alpha value is -1.84. The standard InChI is InChI=1S/C14H18N2O2/c1-5-12-15-10-7-6-9(8-11(10)16(12)4)14(2,3)13(17)18/h6-8H,5H2,1-4H3,(H,17,18). The lowest BCUT2D eigenvalue weighted by atomic mass is 9.85. The number of rotatable bonds is 3. The molecule has 0 radical (unpaired) electrons.